The molecule has 1 aromatic rings. The van der Waals surface area contributed by atoms with Gasteiger partial charge in [-0.1, -0.05) is 44.2 Å². The van der Waals surface area contributed by atoms with Crippen LogP contribution in [0.1, 0.15) is 46.6 Å². The van der Waals surface area contributed by atoms with Gasteiger partial charge in [-0.25, -0.2) is 0 Å². The molecule has 1 aliphatic rings. The number of carboxylic acids is 1. The fourth-order valence-electron chi connectivity index (χ4n) is 3.60. The first-order valence-electron chi connectivity index (χ1n) is 11.2. The van der Waals surface area contributed by atoms with Crippen LogP contribution in [0.15, 0.2) is 30.3 Å². The maximum Gasteiger partial charge on any atom is 0.304 e. The van der Waals surface area contributed by atoms with Crippen molar-refractivity contribution in [3.05, 3.63) is 35.9 Å². The summed E-state index contributed by atoms with van der Waals surface area (Å²) in [5.41, 5.74) is -0.937. The number of amides is 3. The normalized spacial score (nSPS) is 18.2. The Balaban J connectivity index is 2.25. The zero-order chi connectivity index (χ0) is 25.7. The fourth-order valence-corrected chi connectivity index (χ4v) is 4.77. The van der Waals surface area contributed by atoms with Crippen LogP contribution in [-0.2, 0) is 25.6 Å². The summed E-state index contributed by atoms with van der Waals surface area (Å²) in [7, 11) is 0. The summed E-state index contributed by atoms with van der Waals surface area (Å²) >= 11 is 1.41. The second kappa shape index (κ2) is 11.2. The predicted molar refractivity (Wildman–Crippen MR) is 130 cm³/mol. The SMILES string of the molecule is CC(C)(C)NC(=O)[C@@H]1CSCN1C(=O)[C@@H](O)[C@H](Cc1ccccc1)NC(=O)C(C)(C)CC(=O)O. The lowest BCUT2D eigenvalue weighted by molar-refractivity contribution is -0.148. The van der Waals surface area contributed by atoms with Crippen molar-refractivity contribution in [2.24, 2.45) is 5.41 Å². The molecule has 0 aliphatic carbocycles. The number of hydrogen-bond donors (Lipinski definition) is 4. The first-order valence-corrected chi connectivity index (χ1v) is 12.3. The van der Waals surface area contributed by atoms with Gasteiger partial charge in [0.15, 0.2) is 6.10 Å². The van der Waals surface area contributed by atoms with E-state index in [1.54, 1.807) is 12.1 Å². The van der Waals surface area contributed by atoms with E-state index < -0.39 is 53.3 Å². The maximum atomic E-state index is 13.3. The number of thioether (sulfide) groups is 1. The average molecular weight is 494 g/mol. The van der Waals surface area contributed by atoms with Gasteiger partial charge in [0.2, 0.25) is 11.8 Å². The standard InChI is InChI=1S/C24H35N3O6S/c1-23(2,3)26-20(31)17-13-34-14-27(17)21(32)19(30)16(11-15-9-7-6-8-10-15)25-22(33)24(4,5)12-18(28)29/h6-10,16-17,19,30H,11-14H2,1-5H3,(H,25,33)(H,26,31)(H,28,29)/t16-,17-,19-/m0/s1. The third-order valence-corrected chi connectivity index (χ3v) is 6.44. The first-order chi connectivity index (χ1) is 15.7. The highest BCUT2D eigenvalue weighted by Gasteiger charge is 2.41. The van der Waals surface area contributed by atoms with E-state index >= 15 is 0 Å². The van der Waals surface area contributed by atoms with Crippen LogP contribution in [0, 0.1) is 5.41 Å². The molecule has 1 saturated heterocycles. The van der Waals surface area contributed by atoms with Gasteiger partial charge >= 0.3 is 5.97 Å². The van der Waals surface area contributed by atoms with Crippen molar-refractivity contribution in [1.29, 1.82) is 0 Å². The van der Waals surface area contributed by atoms with Gasteiger partial charge in [0.1, 0.15) is 6.04 Å². The Kier molecular flexibility index (Phi) is 9.13. The zero-order valence-electron chi connectivity index (χ0n) is 20.3. The molecule has 0 aromatic heterocycles. The van der Waals surface area contributed by atoms with Gasteiger partial charge < -0.3 is 25.7 Å². The van der Waals surface area contributed by atoms with Crippen LogP contribution in [0.3, 0.4) is 0 Å². The number of carbonyl (C=O) groups is 4. The highest BCUT2D eigenvalue weighted by atomic mass is 32.2. The molecule has 0 radical (unpaired) electrons. The molecule has 188 valence electrons. The summed E-state index contributed by atoms with van der Waals surface area (Å²) in [6.45, 7) is 8.53. The molecule has 3 amide bonds. The number of carbonyl (C=O) groups excluding carboxylic acids is 3. The van der Waals surface area contributed by atoms with Crippen LogP contribution in [0.5, 0.6) is 0 Å². The molecule has 1 fully saturated rings. The van der Waals surface area contributed by atoms with Gasteiger partial charge in [-0.05, 0) is 32.8 Å². The smallest absolute Gasteiger partial charge is 0.304 e. The van der Waals surface area contributed by atoms with E-state index in [9.17, 15) is 24.3 Å². The number of aliphatic carboxylic acids is 1. The summed E-state index contributed by atoms with van der Waals surface area (Å²) in [6.07, 6.45) is -1.87. The number of hydrogen-bond acceptors (Lipinski definition) is 6. The molecule has 1 aromatic carbocycles. The second-order valence-corrected chi connectivity index (χ2v) is 11.2. The van der Waals surface area contributed by atoms with Gasteiger partial charge in [-0.2, -0.15) is 0 Å². The van der Waals surface area contributed by atoms with Crippen molar-refractivity contribution in [3.8, 4) is 0 Å². The highest BCUT2D eigenvalue weighted by molar-refractivity contribution is 7.99. The van der Waals surface area contributed by atoms with Crippen molar-refractivity contribution < 1.29 is 29.4 Å². The van der Waals surface area contributed by atoms with Crippen LogP contribution >= 0.6 is 11.8 Å². The maximum absolute atomic E-state index is 13.3. The summed E-state index contributed by atoms with van der Waals surface area (Å²) in [4.78, 5) is 51.5. The number of aliphatic hydroxyl groups is 1. The van der Waals surface area contributed by atoms with Crippen molar-refractivity contribution >= 4 is 35.5 Å². The van der Waals surface area contributed by atoms with Crippen molar-refractivity contribution in [3.63, 3.8) is 0 Å². The molecule has 34 heavy (non-hydrogen) atoms. The number of rotatable bonds is 9. The Morgan fingerprint density at radius 2 is 1.74 bits per heavy atom. The molecule has 1 aliphatic heterocycles. The number of nitrogens with one attached hydrogen (secondary N) is 2. The van der Waals surface area contributed by atoms with E-state index in [1.807, 2.05) is 39.0 Å². The summed E-state index contributed by atoms with van der Waals surface area (Å²) in [5, 5.41) is 25.8. The third-order valence-electron chi connectivity index (χ3n) is 5.42. The third kappa shape index (κ3) is 7.73. The van der Waals surface area contributed by atoms with Crippen LogP contribution in [0.25, 0.3) is 0 Å². The van der Waals surface area contributed by atoms with Crippen molar-refractivity contribution in [2.45, 2.75) is 71.2 Å². The van der Waals surface area contributed by atoms with E-state index in [4.69, 9.17) is 5.11 Å². The molecule has 0 unspecified atom stereocenters. The van der Waals surface area contributed by atoms with Crippen LogP contribution < -0.4 is 10.6 Å². The van der Waals surface area contributed by atoms with Gasteiger partial charge in [0, 0.05) is 11.3 Å². The van der Waals surface area contributed by atoms with Crippen molar-refractivity contribution in [2.75, 3.05) is 11.6 Å². The highest BCUT2D eigenvalue weighted by Crippen LogP contribution is 2.25. The van der Waals surface area contributed by atoms with E-state index in [0.29, 0.717) is 5.75 Å². The number of nitrogens with zero attached hydrogens (tertiary/aromatic N) is 1. The van der Waals surface area contributed by atoms with E-state index in [0.717, 1.165) is 5.56 Å². The zero-order valence-corrected chi connectivity index (χ0v) is 21.1. The minimum absolute atomic E-state index is 0.155. The lowest BCUT2D eigenvalue weighted by Gasteiger charge is -2.32. The number of benzene rings is 1. The molecule has 0 saturated carbocycles. The average Bonchev–Trinajstić information content (AvgIpc) is 3.21. The molecule has 0 bridgehead atoms. The lowest BCUT2D eigenvalue weighted by atomic mass is 9.87. The van der Waals surface area contributed by atoms with Crippen molar-refractivity contribution in [1.82, 2.24) is 15.5 Å². The van der Waals surface area contributed by atoms with E-state index in [2.05, 4.69) is 10.6 Å². The monoisotopic (exact) mass is 493 g/mol. The molecular weight excluding hydrogens is 458 g/mol. The fraction of sp³-hybridized carbons (Fsp3) is 0.583. The first kappa shape index (κ1) is 27.7. The molecule has 10 heteroatoms. The predicted octanol–water partition coefficient (Wildman–Crippen LogP) is 1.39. The minimum atomic E-state index is -1.62. The molecule has 1 heterocycles. The summed E-state index contributed by atoms with van der Waals surface area (Å²) in [6, 6.07) is 7.32. The Labute approximate surface area is 204 Å². The quantitative estimate of drug-likeness (QED) is 0.408. The topological polar surface area (TPSA) is 136 Å². The lowest BCUT2D eigenvalue weighted by Crippen LogP contribution is -2.58. The Morgan fingerprint density at radius 1 is 1.12 bits per heavy atom. The van der Waals surface area contributed by atoms with Crippen LogP contribution in [-0.4, -0.2) is 74.2 Å². The largest absolute Gasteiger partial charge is 0.481 e. The van der Waals surface area contributed by atoms with Gasteiger partial charge in [-0.3, -0.25) is 19.2 Å². The van der Waals surface area contributed by atoms with Gasteiger partial charge in [0.05, 0.1) is 23.8 Å². The summed E-state index contributed by atoms with van der Waals surface area (Å²) in [5.74, 6) is -2.02. The van der Waals surface area contributed by atoms with E-state index in [-0.39, 0.29) is 18.2 Å². The minimum Gasteiger partial charge on any atom is -0.481 e. The van der Waals surface area contributed by atoms with Crippen LogP contribution in [0.4, 0.5) is 0 Å². The van der Waals surface area contributed by atoms with Gasteiger partial charge in [0.25, 0.3) is 5.91 Å². The Hall–Kier alpha value is -2.59. The number of carboxylic acid groups (broad SMARTS) is 1. The molecule has 9 nitrogen and oxygen atoms in total. The Bertz CT molecular complexity index is 900. The van der Waals surface area contributed by atoms with Crippen LogP contribution in [0.2, 0.25) is 0 Å². The molecule has 0 spiro atoms. The summed E-state index contributed by atoms with van der Waals surface area (Å²) < 4.78 is 0. The van der Waals surface area contributed by atoms with E-state index in [1.165, 1.54) is 30.5 Å². The molecular formula is C24H35N3O6S. The molecule has 3 atom stereocenters. The van der Waals surface area contributed by atoms with Gasteiger partial charge in [-0.15, -0.1) is 11.8 Å². The molecule has 4 N–H and O–H groups in total. The molecule has 2 rings (SSSR count). The Morgan fingerprint density at radius 3 is 2.29 bits per heavy atom. The number of aliphatic hydroxyl groups excluding tert-OH is 1. The second-order valence-electron chi connectivity index (χ2n) is 10.2.